The van der Waals surface area contributed by atoms with Crippen molar-refractivity contribution in [3.63, 3.8) is 0 Å². The fourth-order valence-corrected chi connectivity index (χ4v) is 1.42. The van der Waals surface area contributed by atoms with E-state index < -0.39 is 5.41 Å². The van der Waals surface area contributed by atoms with Crippen molar-refractivity contribution in [2.75, 3.05) is 5.43 Å². The van der Waals surface area contributed by atoms with Gasteiger partial charge in [-0.05, 0) is 0 Å². The van der Waals surface area contributed by atoms with Gasteiger partial charge in [0.1, 0.15) is 0 Å². The highest BCUT2D eigenvalue weighted by Crippen LogP contribution is 2.19. The third-order valence-corrected chi connectivity index (χ3v) is 2.55. The van der Waals surface area contributed by atoms with Gasteiger partial charge in [-0.25, -0.2) is 0 Å². The van der Waals surface area contributed by atoms with E-state index in [4.69, 9.17) is 0 Å². The first-order valence-electron chi connectivity index (χ1n) is 5.75. The van der Waals surface area contributed by atoms with Crippen molar-refractivity contribution in [2.24, 2.45) is 5.41 Å². The Hall–Kier alpha value is -2.17. The molecule has 0 unspecified atom stereocenters. The van der Waals surface area contributed by atoms with Crippen LogP contribution in [0.1, 0.15) is 20.8 Å². The van der Waals surface area contributed by atoms with Crippen LogP contribution in [0.3, 0.4) is 0 Å². The molecule has 2 N–H and O–H groups in total. The average molecular weight is 244 g/mol. The van der Waals surface area contributed by atoms with E-state index in [9.17, 15) is 4.79 Å². The number of hydrogen-bond donors (Lipinski definition) is 2. The molecule has 5 nitrogen and oxygen atoms in total. The summed E-state index contributed by atoms with van der Waals surface area (Å²) in [5.41, 5.74) is 5.01. The van der Waals surface area contributed by atoms with Crippen molar-refractivity contribution in [3.8, 4) is 0 Å². The number of carbonyl (C=O) groups excluding carboxylic acids is 1. The van der Waals surface area contributed by atoms with Gasteiger partial charge in [-0.2, -0.15) is 5.10 Å². The van der Waals surface area contributed by atoms with Crippen LogP contribution in [0, 0.1) is 5.41 Å². The Bertz CT molecular complexity index is 569. The molecular weight excluding hydrogens is 228 g/mol. The topological polar surface area (TPSA) is 66.9 Å². The van der Waals surface area contributed by atoms with Gasteiger partial charge in [-0.3, -0.25) is 15.6 Å². The molecule has 1 amide bonds. The summed E-state index contributed by atoms with van der Waals surface area (Å²) in [6.45, 7) is 5.54. The van der Waals surface area contributed by atoms with Crippen molar-refractivity contribution in [3.05, 3.63) is 30.5 Å². The molecule has 0 aliphatic rings. The molecule has 1 aromatic heterocycles. The number of hydrazine groups is 1. The number of nitrogens with zero attached hydrogens (tertiary/aromatic N) is 2. The van der Waals surface area contributed by atoms with Crippen LogP contribution >= 0.6 is 0 Å². The van der Waals surface area contributed by atoms with Crippen molar-refractivity contribution in [2.45, 2.75) is 20.8 Å². The van der Waals surface area contributed by atoms with E-state index in [0.29, 0.717) is 5.82 Å². The standard InChI is InChI=1S/C13H16N4O/c1-13(2,3)12(18)17-16-11-10-7-5-4-6-9(10)8-14-15-11/h4-8H,1-3H3,(H,15,16)(H,17,18). The summed E-state index contributed by atoms with van der Waals surface area (Å²) in [5, 5.41) is 9.76. The van der Waals surface area contributed by atoms with Crippen LogP contribution in [0.15, 0.2) is 30.5 Å². The maximum Gasteiger partial charge on any atom is 0.243 e. The first-order chi connectivity index (χ1) is 8.48. The van der Waals surface area contributed by atoms with E-state index >= 15 is 0 Å². The van der Waals surface area contributed by atoms with Crippen LogP contribution in [0.2, 0.25) is 0 Å². The van der Waals surface area contributed by atoms with Gasteiger partial charge in [0, 0.05) is 16.2 Å². The van der Waals surface area contributed by atoms with E-state index in [1.165, 1.54) is 0 Å². The summed E-state index contributed by atoms with van der Waals surface area (Å²) in [6.07, 6.45) is 1.69. The first kappa shape index (κ1) is 12.3. The first-order valence-corrected chi connectivity index (χ1v) is 5.75. The molecule has 0 bridgehead atoms. The lowest BCUT2D eigenvalue weighted by Crippen LogP contribution is -2.38. The lowest BCUT2D eigenvalue weighted by molar-refractivity contribution is -0.127. The van der Waals surface area contributed by atoms with E-state index in [0.717, 1.165) is 10.8 Å². The summed E-state index contributed by atoms with van der Waals surface area (Å²) in [7, 11) is 0. The van der Waals surface area contributed by atoms with Gasteiger partial charge in [-0.1, -0.05) is 45.0 Å². The number of hydrogen-bond acceptors (Lipinski definition) is 4. The molecule has 0 spiro atoms. The van der Waals surface area contributed by atoms with Crippen molar-refractivity contribution in [1.29, 1.82) is 0 Å². The van der Waals surface area contributed by atoms with Gasteiger partial charge in [0.2, 0.25) is 5.91 Å². The van der Waals surface area contributed by atoms with Crippen LogP contribution in [0.4, 0.5) is 5.82 Å². The second-order valence-corrected chi connectivity index (χ2v) is 5.11. The average Bonchev–Trinajstić information content (AvgIpc) is 2.34. The number of carbonyl (C=O) groups is 1. The Morgan fingerprint density at radius 2 is 1.94 bits per heavy atom. The minimum absolute atomic E-state index is 0.0998. The zero-order chi connectivity index (χ0) is 13.2. The SMILES string of the molecule is CC(C)(C)C(=O)NNc1nncc2ccccc12. The van der Waals surface area contributed by atoms with Gasteiger partial charge < -0.3 is 0 Å². The van der Waals surface area contributed by atoms with E-state index in [2.05, 4.69) is 21.0 Å². The lowest BCUT2D eigenvalue weighted by atomic mass is 9.96. The Morgan fingerprint density at radius 1 is 1.22 bits per heavy atom. The van der Waals surface area contributed by atoms with Gasteiger partial charge in [0.15, 0.2) is 5.82 Å². The van der Waals surface area contributed by atoms with E-state index in [1.807, 2.05) is 45.0 Å². The molecule has 1 heterocycles. The fraction of sp³-hybridized carbons (Fsp3) is 0.308. The molecule has 2 rings (SSSR count). The largest absolute Gasteiger partial charge is 0.280 e. The highest BCUT2D eigenvalue weighted by molar-refractivity contribution is 5.92. The third kappa shape index (κ3) is 2.56. The minimum Gasteiger partial charge on any atom is -0.280 e. The number of anilines is 1. The van der Waals surface area contributed by atoms with Gasteiger partial charge in [0.05, 0.1) is 6.20 Å². The molecule has 18 heavy (non-hydrogen) atoms. The Balaban J connectivity index is 2.20. The maximum atomic E-state index is 11.8. The molecule has 0 aliphatic heterocycles. The minimum atomic E-state index is -0.453. The predicted octanol–water partition coefficient (Wildman–Crippen LogP) is 2.12. The third-order valence-electron chi connectivity index (χ3n) is 2.55. The smallest absolute Gasteiger partial charge is 0.243 e. The summed E-state index contributed by atoms with van der Waals surface area (Å²) in [4.78, 5) is 11.8. The van der Waals surface area contributed by atoms with Gasteiger partial charge >= 0.3 is 0 Å². The van der Waals surface area contributed by atoms with Crippen LogP contribution in [-0.4, -0.2) is 16.1 Å². The normalized spacial score (nSPS) is 11.3. The van der Waals surface area contributed by atoms with E-state index in [1.54, 1.807) is 6.20 Å². The fourth-order valence-electron chi connectivity index (χ4n) is 1.42. The molecule has 0 saturated heterocycles. The molecule has 0 atom stereocenters. The van der Waals surface area contributed by atoms with Gasteiger partial charge in [0.25, 0.3) is 0 Å². The van der Waals surface area contributed by atoms with Crippen molar-refractivity contribution < 1.29 is 4.79 Å². The molecule has 5 heteroatoms. The predicted molar refractivity (Wildman–Crippen MR) is 70.8 cm³/mol. The number of aromatic nitrogens is 2. The molecule has 0 fully saturated rings. The highest BCUT2D eigenvalue weighted by Gasteiger charge is 2.21. The second kappa shape index (κ2) is 4.60. The van der Waals surface area contributed by atoms with Gasteiger partial charge in [-0.15, -0.1) is 5.10 Å². The number of fused-ring (bicyclic) bond motifs is 1. The number of nitrogens with one attached hydrogen (secondary N) is 2. The van der Waals surface area contributed by atoms with Crippen LogP contribution in [-0.2, 0) is 4.79 Å². The Labute approximate surface area is 106 Å². The lowest BCUT2D eigenvalue weighted by Gasteiger charge is -2.18. The summed E-state index contributed by atoms with van der Waals surface area (Å²) in [5.74, 6) is 0.447. The monoisotopic (exact) mass is 244 g/mol. The zero-order valence-electron chi connectivity index (χ0n) is 10.7. The van der Waals surface area contributed by atoms with Crippen LogP contribution < -0.4 is 10.9 Å². The van der Waals surface area contributed by atoms with Crippen molar-refractivity contribution >= 4 is 22.5 Å². The maximum absolute atomic E-state index is 11.8. The molecule has 2 aromatic rings. The van der Waals surface area contributed by atoms with E-state index in [-0.39, 0.29) is 5.91 Å². The summed E-state index contributed by atoms with van der Waals surface area (Å²) >= 11 is 0. The molecular formula is C13H16N4O. The molecule has 0 saturated carbocycles. The number of amides is 1. The number of benzene rings is 1. The Kier molecular flexibility index (Phi) is 3.14. The van der Waals surface area contributed by atoms with Crippen molar-refractivity contribution in [1.82, 2.24) is 15.6 Å². The van der Waals surface area contributed by atoms with Crippen LogP contribution in [0.25, 0.3) is 10.8 Å². The molecule has 1 aromatic carbocycles. The highest BCUT2D eigenvalue weighted by atomic mass is 16.2. The second-order valence-electron chi connectivity index (χ2n) is 5.11. The Morgan fingerprint density at radius 3 is 2.67 bits per heavy atom. The molecule has 94 valence electrons. The number of rotatable bonds is 2. The quantitative estimate of drug-likeness (QED) is 0.794. The van der Waals surface area contributed by atoms with Crippen LogP contribution in [0.5, 0.6) is 0 Å². The molecule has 0 aliphatic carbocycles. The summed E-state index contributed by atoms with van der Waals surface area (Å²) in [6, 6.07) is 7.72. The zero-order valence-corrected chi connectivity index (χ0v) is 10.7. The summed E-state index contributed by atoms with van der Waals surface area (Å²) < 4.78 is 0. The molecule has 0 radical (unpaired) electrons.